The fourth-order valence-electron chi connectivity index (χ4n) is 1.99. The van der Waals surface area contributed by atoms with E-state index in [1.165, 1.54) is 11.3 Å². The molecular weight excluding hydrogens is 260 g/mol. The number of carbonyl (C=O) groups is 2. The van der Waals surface area contributed by atoms with Crippen LogP contribution in [0.4, 0.5) is 0 Å². The predicted octanol–water partition coefficient (Wildman–Crippen LogP) is 3.62. The van der Waals surface area contributed by atoms with E-state index < -0.39 is 5.60 Å². The van der Waals surface area contributed by atoms with Gasteiger partial charge in [0.15, 0.2) is 5.78 Å². The fourth-order valence-corrected chi connectivity index (χ4v) is 3.03. The standard InChI is InChI=1S/C15H20O3S/c1-10(16)12-6-5-11(19-12)9-15(7-8-15)13(17)18-14(2,3)4/h5-6H,7-9H2,1-4H3. The maximum atomic E-state index is 12.2. The molecule has 0 radical (unpaired) electrons. The molecule has 0 unspecified atom stereocenters. The highest BCUT2D eigenvalue weighted by Gasteiger charge is 2.52. The van der Waals surface area contributed by atoms with E-state index in [-0.39, 0.29) is 17.2 Å². The molecule has 0 aliphatic heterocycles. The Morgan fingerprint density at radius 3 is 2.37 bits per heavy atom. The number of hydrogen-bond donors (Lipinski definition) is 0. The Bertz CT molecular complexity index is 504. The van der Waals surface area contributed by atoms with E-state index in [0.29, 0.717) is 6.42 Å². The summed E-state index contributed by atoms with van der Waals surface area (Å²) in [6, 6.07) is 3.79. The van der Waals surface area contributed by atoms with Crippen molar-refractivity contribution in [3.05, 3.63) is 21.9 Å². The first kappa shape index (κ1) is 14.3. The van der Waals surface area contributed by atoms with Gasteiger partial charge in [-0.2, -0.15) is 0 Å². The topological polar surface area (TPSA) is 43.4 Å². The summed E-state index contributed by atoms with van der Waals surface area (Å²) in [4.78, 5) is 25.3. The maximum Gasteiger partial charge on any atom is 0.312 e. The fraction of sp³-hybridized carbons (Fsp3) is 0.600. The van der Waals surface area contributed by atoms with Gasteiger partial charge in [0.05, 0.1) is 10.3 Å². The molecule has 0 atom stereocenters. The van der Waals surface area contributed by atoms with Crippen molar-refractivity contribution in [2.45, 2.75) is 52.6 Å². The second-order valence-corrected chi connectivity index (χ2v) is 7.45. The largest absolute Gasteiger partial charge is 0.460 e. The lowest BCUT2D eigenvalue weighted by Gasteiger charge is -2.23. The van der Waals surface area contributed by atoms with E-state index in [2.05, 4.69) is 0 Å². The van der Waals surface area contributed by atoms with Crippen molar-refractivity contribution in [3.63, 3.8) is 0 Å². The number of carbonyl (C=O) groups excluding carboxylic acids is 2. The summed E-state index contributed by atoms with van der Waals surface area (Å²) in [7, 11) is 0. The van der Waals surface area contributed by atoms with Crippen LogP contribution in [0.15, 0.2) is 12.1 Å². The second-order valence-electron chi connectivity index (χ2n) is 6.28. The summed E-state index contributed by atoms with van der Waals surface area (Å²) in [5.41, 5.74) is -0.779. The summed E-state index contributed by atoms with van der Waals surface area (Å²) in [6.45, 7) is 7.23. The van der Waals surface area contributed by atoms with E-state index in [9.17, 15) is 9.59 Å². The molecule has 0 spiro atoms. The van der Waals surface area contributed by atoms with Crippen molar-refractivity contribution >= 4 is 23.1 Å². The SMILES string of the molecule is CC(=O)c1ccc(CC2(C(=O)OC(C)(C)C)CC2)s1. The maximum absolute atomic E-state index is 12.2. The second kappa shape index (κ2) is 4.75. The van der Waals surface area contributed by atoms with Crippen LogP contribution < -0.4 is 0 Å². The molecule has 3 nitrogen and oxygen atoms in total. The third-order valence-electron chi connectivity index (χ3n) is 3.21. The molecule has 1 aliphatic rings. The molecule has 0 amide bonds. The number of ketones is 1. The quantitative estimate of drug-likeness (QED) is 0.625. The van der Waals surface area contributed by atoms with Gasteiger partial charge in [-0.1, -0.05) is 0 Å². The normalized spacial score (nSPS) is 17.1. The monoisotopic (exact) mass is 280 g/mol. The molecule has 1 aromatic heterocycles. The minimum Gasteiger partial charge on any atom is -0.460 e. The lowest BCUT2D eigenvalue weighted by atomic mass is 10.0. The first-order valence-electron chi connectivity index (χ1n) is 6.55. The molecule has 0 aromatic carbocycles. The highest BCUT2D eigenvalue weighted by molar-refractivity contribution is 7.14. The molecule has 1 aliphatic carbocycles. The van der Waals surface area contributed by atoms with Gasteiger partial charge in [0.1, 0.15) is 5.60 Å². The third-order valence-corrected chi connectivity index (χ3v) is 4.39. The highest BCUT2D eigenvalue weighted by atomic mass is 32.1. The van der Waals surface area contributed by atoms with Crippen LogP contribution in [0.1, 0.15) is 55.1 Å². The van der Waals surface area contributed by atoms with Crippen molar-refractivity contribution < 1.29 is 14.3 Å². The summed E-state index contributed by atoms with van der Waals surface area (Å²) < 4.78 is 5.49. The molecule has 19 heavy (non-hydrogen) atoms. The molecule has 104 valence electrons. The zero-order valence-electron chi connectivity index (χ0n) is 11.9. The number of hydrogen-bond acceptors (Lipinski definition) is 4. The van der Waals surface area contributed by atoms with E-state index in [1.807, 2.05) is 32.9 Å². The van der Waals surface area contributed by atoms with Crippen LogP contribution in [-0.2, 0) is 16.0 Å². The lowest BCUT2D eigenvalue weighted by molar-refractivity contribution is -0.161. The smallest absolute Gasteiger partial charge is 0.312 e. The van der Waals surface area contributed by atoms with Gasteiger partial charge in [0.25, 0.3) is 0 Å². The van der Waals surface area contributed by atoms with E-state index >= 15 is 0 Å². The van der Waals surface area contributed by atoms with Crippen LogP contribution in [-0.4, -0.2) is 17.4 Å². The summed E-state index contributed by atoms with van der Waals surface area (Å²) in [5.74, 6) is -0.0175. The van der Waals surface area contributed by atoms with Crippen molar-refractivity contribution in [2.75, 3.05) is 0 Å². The average molecular weight is 280 g/mol. The first-order valence-corrected chi connectivity index (χ1v) is 7.37. The molecule has 0 saturated heterocycles. The summed E-state index contributed by atoms with van der Waals surface area (Å²) >= 11 is 1.49. The first-order chi connectivity index (χ1) is 8.72. The molecular formula is C15H20O3S. The third kappa shape index (κ3) is 3.44. The Morgan fingerprint density at radius 2 is 1.95 bits per heavy atom. The van der Waals surface area contributed by atoms with Gasteiger partial charge in [-0.25, -0.2) is 0 Å². The molecule has 1 saturated carbocycles. The Morgan fingerprint density at radius 1 is 1.32 bits per heavy atom. The number of Topliss-reactive ketones (excluding diaryl/α,β-unsaturated/α-hetero) is 1. The van der Waals surface area contributed by atoms with E-state index in [1.54, 1.807) is 6.92 Å². The van der Waals surface area contributed by atoms with Crippen LogP contribution in [0.3, 0.4) is 0 Å². The number of esters is 1. The van der Waals surface area contributed by atoms with Crippen LogP contribution in [0.5, 0.6) is 0 Å². The van der Waals surface area contributed by atoms with Gasteiger partial charge in [0, 0.05) is 4.88 Å². The molecule has 1 fully saturated rings. The van der Waals surface area contributed by atoms with Gasteiger partial charge in [0.2, 0.25) is 0 Å². The van der Waals surface area contributed by atoms with Crippen LogP contribution in [0.2, 0.25) is 0 Å². The minimum absolute atomic E-state index is 0.0818. The van der Waals surface area contributed by atoms with Crippen LogP contribution in [0.25, 0.3) is 0 Å². The van der Waals surface area contributed by atoms with Crippen molar-refractivity contribution in [1.82, 2.24) is 0 Å². The Labute approximate surface area is 118 Å². The summed E-state index contributed by atoms with van der Waals surface area (Å²) in [5, 5.41) is 0. The Hall–Kier alpha value is -1.16. The van der Waals surface area contributed by atoms with Gasteiger partial charge in [-0.05, 0) is 59.1 Å². The van der Waals surface area contributed by atoms with Crippen LogP contribution in [0, 0.1) is 5.41 Å². The van der Waals surface area contributed by atoms with E-state index in [4.69, 9.17) is 4.74 Å². The van der Waals surface area contributed by atoms with Crippen LogP contribution >= 0.6 is 11.3 Å². The average Bonchev–Trinajstić information content (AvgIpc) is 2.86. The van der Waals surface area contributed by atoms with Gasteiger partial charge < -0.3 is 4.74 Å². The molecule has 1 aromatic rings. The number of rotatable bonds is 4. The highest BCUT2D eigenvalue weighted by Crippen LogP contribution is 2.50. The summed E-state index contributed by atoms with van der Waals surface area (Å²) in [6.07, 6.45) is 2.46. The van der Waals surface area contributed by atoms with E-state index in [0.717, 1.165) is 22.6 Å². The zero-order chi connectivity index (χ0) is 14.3. The minimum atomic E-state index is -0.438. The van der Waals surface area contributed by atoms with Crippen molar-refractivity contribution in [2.24, 2.45) is 5.41 Å². The Kier molecular flexibility index (Phi) is 3.56. The molecule has 4 heteroatoms. The molecule has 0 N–H and O–H groups in total. The number of thiophene rings is 1. The zero-order valence-corrected chi connectivity index (χ0v) is 12.7. The lowest BCUT2D eigenvalue weighted by Crippen LogP contribution is -2.30. The van der Waals surface area contributed by atoms with Gasteiger partial charge in [-0.15, -0.1) is 11.3 Å². The number of ether oxygens (including phenoxy) is 1. The molecule has 1 heterocycles. The van der Waals surface area contributed by atoms with Crippen molar-refractivity contribution in [3.8, 4) is 0 Å². The predicted molar refractivity (Wildman–Crippen MR) is 75.5 cm³/mol. The molecule has 2 rings (SSSR count). The van der Waals surface area contributed by atoms with Gasteiger partial charge >= 0.3 is 5.97 Å². The Balaban J connectivity index is 2.05. The van der Waals surface area contributed by atoms with Crippen molar-refractivity contribution in [1.29, 1.82) is 0 Å². The van der Waals surface area contributed by atoms with Gasteiger partial charge in [-0.3, -0.25) is 9.59 Å². The molecule has 0 bridgehead atoms.